The van der Waals surface area contributed by atoms with Crippen molar-refractivity contribution >= 4 is 23.0 Å². The van der Waals surface area contributed by atoms with Crippen LogP contribution in [0.4, 0.5) is 24.5 Å². The third kappa shape index (κ3) is 5.11. The Morgan fingerprint density at radius 3 is 2.31 bits per heavy atom. The molecule has 0 saturated carbocycles. The summed E-state index contributed by atoms with van der Waals surface area (Å²) in [6.45, 7) is 3.01. The van der Waals surface area contributed by atoms with E-state index in [1.807, 2.05) is 11.8 Å². The summed E-state index contributed by atoms with van der Waals surface area (Å²) in [6.07, 6.45) is -2.59. The van der Waals surface area contributed by atoms with Crippen molar-refractivity contribution in [3.63, 3.8) is 0 Å². The van der Waals surface area contributed by atoms with Gasteiger partial charge in [-0.25, -0.2) is 0 Å². The van der Waals surface area contributed by atoms with Crippen molar-refractivity contribution in [3.8, 4) is 0 Å². The summed E-state index contributed by atoms with van der Waals surface area (Å²) >= 11 is 6.20. The number of hydrogen-bond donors (Lipinski definition) is 0. The minimum Gasteiger partial charge on any atom is -0.366 e. The highest BCUT2D eigenvalue weighted by Crippen LogP contribution is 2.32. The molecule has 8 heteroatoms. The Bertz CT molecular complexity index is 764. The Morgan fingerprint density at radius 2 is 1.81 bits per heavy atom. The normalized spacial score (nSPS) is 11.4. The zero-order valence-corrected chi connectivity index (χ0v) is 14.8. The van der Waals surface area contributed by atoms with Crippen molar-refractivity contribution < 1.29 is 18.1 Å². The Labute approximate surface area is 154 Å². The molecule has 2 aromatic carbocycles. The highest BCUT2D eigenvalue weighted by molar-refractivity contribution is 6.33. The smallest absolute Gasteiger partial charge is 0.366 e. The van der Waals surface area contributed by atoms with Crippen LogP contribution in [0.15, 0.2) is 42.5 Å². The Kier molecular flexibility index (Phi) is 6.47. The Balaban J connectivity index is 2.26. The van der Waals surface area contributed by atoms with Gasteiger partial charge in [-0.15, -0.1) is 0 Å². The van der Waals surface area contributed by atoms with Gasteiger partial charge in [-0.3, -0.25) is 10.1 Å². The van der Waals surface area contributed by atoms with Crippen LogP contribution >= 0.6 is 11.6 Å². The highest BCUT2D eigenvalue weighted by Gasteiger charge is 2.30. The SMILES string of the molecule is CCCCN(Cc1ccc(C(F)(F)F)cc1)c1ccc([N+](=O)[O-])cc1Cl. The summed E-state index contributed by atoms with van der Waals surface area (Å²) in [4.78, 5) is 12.2. The standard InChI is InChI=1S/C18H18ClF3N2O2/c1-2-3-10-23(17-9-8-15(24(25)26)11-16(17)19)12-13-4-6-14(7-5-13)18(20,21)22/h4-9,11H,2-3,10,12H2,1H3. The lowest BCUT2D eigenvalue weighted by Crippen LogP contribution is -2.24. The quantitative estimate of drug-likeness (QED) is 0.428. The van der Waals surface area contributed by atoms with Gasteiger partial charge in [-0.2, -0.15) is 13.2 Å². The average molecular weight is 387 g/mol. The molecule has 0 bridgehead atoms. The van der Waals surface area contributed by atoms with Gasteiger partial charge in [0.15, 0.2) is 0 Å². The van der Waals surface area contributed by atoms with Gasteiger partial charge >= 0.3 is 6.18 Å². The number of halogens is 4. The molecule has 0 aliphatic carbocycles. The summed E-state index contributed by atoms with van der Waals surface area (Å²) in [5.41, 5.74) is 0.507. The Morgan fingerprint density at radius 1 is 1.15 bits per heavy atom. The number of unbranched alkanes of at least 4 members (excludes halogenated alkanes) is 1. The molecule has 0 aromatic heterocycles. The highest BCUT2D eigenvalue weighted by atomic mass is 35.5. The van der Waals surface area contributed by atoms with E-state index in [1.165, 1.54) is 24.3 Å². The molecule has 0 amide bonds. The van der Waals surface area contributed by atoms with Gasteiger partial charge in [0, 0.05) is 25.2 Å². The number of benzene rings is 2. The van der Waals surface area contributed by atoms with E-state index in [9.17, 15) is 23.3 Å². The predicted octanol–water partition coefficient (Wildman–Crippen LogP) is 6.07. The molecule has 0 atom stereocenters. The third-order valence-electron chi connectivity index (χ3n) is 3.92. The molecule has 140 valence electrons. The number of nitro benzene ring substituents is 1. The van der Waals surface area contributed by atoms with Gasteiger partial charge in [0.2, 0.25) is 0 Å². The number of nitrogens with zero attached hydrogens (tertiary/aromatic N) is 2. The molecule has 2 rings (SSSR count). The van der Waals surface area contributed by atoms with Crippen LogP contribution in [0.1, 0.15) is 30.9 Å². The van der Waals surface area contributed by atoms with Crippen molar-refractivity contribution in [3.05, 3.63) is 68.7 Å². The van der Waals surface area contributed by atoms with Crippen LogP contribution in [0.25, 0.3) is 0 Å². The first-order valence-electron chi connectivity index (χ1n) is 8.07. The van der Waals surface area contributed by atoms with Gasteiger partial charge in [-0.05, 0) is 30.2 Å². The van der Waals surface area contributed by atoms with E-state index in [0.717, 1.165) is 25.0 Å². The zero-order valence-electron chi connectivity index (χ0n) is 14.1. The maximum absolute atomic E-state index is 12.7. The lowest BCUT2D eigenvalue weighted by molar-refractivity contribution is -0.384. The monoisotopic (exact) mass is 386 g/mol. The molecular weight excluding hydrogens is 369 g/mol. The van der Waals surface area contributed by atoms with Crippen molar-refractivity contribution in [2.75, 3.05) is 11.4 Å². The van der Waals surface area contributed by atoms with E-state index in [0.29, 0.717) is 24.3 Å². The zero-order chi connectivity index (χ0) is 19.3. The maximum Gasteiger partial charge on any atom is 0.416 e. The number of rotatable bonds is 7. The summed E-state index contributed by atoms with van der Waals surface area (Å²) < 4.78 is 38.1. The predicted molar refractivity (Wildman–Crippen MR) is 95.5 cm³/mol. The van der Waals surface area contributed by atoms with Crippen molar-refractivity contribution in [2.45, 2.75) is 32.5 Å². The van der Waals surface area contributed by atoms with Crippen molar-refractivity contribution in [2.24, 2.45) is 0 Å². The van der Waals surface area contributed by atoms with Crippen LogP contribution < -0.4 is 4.90 Å². The summed E-state index contributed by atoms with van der Waals surface area (Å²) in [7, 11) is 0. The van der Waals surface area contributed by atoms with Crippen LogP contribution in [0.2, 0.25) is 5.02 Å². The maximum atomic E-state index is 12.7. The van der Waals surface area contributed by atoms with E-state index in [4.69, 9.17) is 11.6 Å². The number of alkyl halides is 3. The molecule has 0 aliphatic heterocycles. The molecule has 4 nitrogen and oxygen atoms in total. The molecule has 0 N–H and O–H groups in total. The molecule has 2 aromatic rings. The molecular formula is C18H18ClF3N2O2. The molecule has 26 heavy (non-hydrogen) atoms. The summed E-state index contributed by atoms with van der Waals surface area (Å²) in [5, 5.41) is 11.1. The lowest BCUT2D eigenvalue weighted by atomic mass is 10.1. The summed E-state index contributed by atoms with van der Waals surface area (Å²) in [6, 6.07) is 9.17. The van der Waals surface area contributed by atoms with Gasteiger partial charge < -0.3 is 4.90 Å². The number of hydrogen-bond acceptors (Lipinski definition) is 3. The first-order chi connectivity index (χ1) is 12.2. The van der Waals surface area contributed by atoms with Crippen LogP contribution in [-0.2, 0) is 12.7 Å². The number of non-ortho nitro benzene ring substituents is 1. The number of nitro groups is 1. The summed E-state index contributed by atoms with van der Waals surface area (Å²) in [5.74, 6) is 0. The van der Waals surface area contributed by atoms with Crippen LogP contribution in [0.5, 0.6) is 0 Å². The average Bonchev–Trinajstić information content (AvgIpc) is 2.58. The fourth-order valence-electron chi connectivity index (χ4n) is 2.52. The molecule has 0 unspecified atom stereocenters. The van der Waals surface area contributed by atoms with Crippen LogP contribution in [0.3, 0.4) is 0 Å². The minimum atomic E-state index is -4.37. The second-order valence-electron chi connectivity index (χ2n) is 5.86. The largest absolute Gasteiger partial charge is 0.416 e. The van der Waals surface area contributed by atoms with Gasteiger partial charge in [0.05, 0.1) is 21.2 Å². The number of anilines is 1. The van der Waals surface area contributed by atoms with E-state index in [-0.39, 0.29) is 10.7 Å². The van der Waals surface area contributed by atoms with Crippen molar-refractivity contribution in [1.82, 2.24) is 0 Å². The first kappa shape index (κ1) is 20.0. The fraction of sp³-hybridized carbons (Fsp3) is 0.333. The minimum absolute atomic E-state index is 0.108. The van der Waals surface area contributed by atoms with Crippen molar-refractivity contribution in [1.29, 1.82) is 0 Å². The molecule has 0 saturated heterocycles. The van der Waals surface area contributed by atoms with Crippen LogP contribution in [-0.4, -0.2) is 11.5 Å². The van der Waals surface area contributed by atoms with E-state index >= 15 is 0 Å². The van der Waals surface area contributed by atoms with E-state index in [2.05, 4.69) is 0 Å². The molecule has 0 radical (unpaired) electrons. The molecule has 0 fully saturated rings. The second-order valence-corrected chi connectivity index (χ2v) is 6.27. The lowest BCUT2D eigenvalue weighted by Gasteiger charge is -2.26. The van der Waals surface area contributed by atoms with Gasteiger partial charge in [0.25, 0.3) is 5.69 Å². The molecule has 0 heterocycles. The topological polar surface area (TPSA) is 46.4 Å². The van der Waals surface area contributed by atoms with E-state index in [1.54, 1.807) is 6.07 Å². The fourth-order valence-corrected chi connectivity index (χ4v) is 2.81. The first-order valence-corrected chi connectivity index (χ1v) is 8.45. The Hall–Kier alpha value is -2.28. The second kappa shape index (κ2) is 8.40. The van der Waals surface area contributed by atoms with Gasteiger partial charge in [0.1, 0.15) is 0 Å². The van der Waals surface area contributed by atoms with E-state index < -0.39 is 16.7 Å². The third-order valence-corrected chi connectivity index (χ3v) is 4.22. The van der Waals surface area contributed by atoms with Gasteiger partial charge in [-0.1, -0.05) is 37.1 Å². The molecule has 0 spiro atoms. The van der Waals surface area contributed by atoms with Crippen LogP contribution in [0, 0.1) is 10.1 Å². The molecule has 0 aliphatic rings.